The molecule has 0 bridgehead atoms. The molecule has 2 fully saturated rings. The van der Waals surface area contributed by atoms with Crippen LogP contribution >= 0.6 is 11.3 Å². The number of amides is 1. The van der Waals surface area contributed by atoms with Crippen LogP contribution in [0, 0.1) is 5.92 Å². The molecule has 0 aromatic carbocycles. The largest absolute Gasteiger partial charge is 0.371 e. The molecule has 1 N–H and O–H groups in total. The minimum Gasteiger partial charge on any atom is -0.371 e. The smallest absolute Gasteiger partial charge is 0.246 e. The number of ether oxygens (including phenoxy) is 1. The Hall–Kier alpha value is -0.980. The molecule has 1 amide bonds. The van der Waals surface area contributed by atoms with Crippen molar-refractivity contribution in [3.05, 3.63) is 16.1 Å². The molecule has 1 aliphatic carbocycles. The minimum absolute atomic E-state index is 0.0112. The van der Waals surface area contributed by atoms with Crippen molar-refractivity contribution < 1.29 is 14.4 Å². The molecule has 20 heavy (non-hydrogen) atoms. The van der Waals surface area contributed by atoms with Crippen LogP contribution in [0.25, 0.3) is 0 Å². The van der Waals surface area contributed by atoms with Crippen LogP contribution in [0.15, 0.2) is 5.38 Å². The molecular formula is C14H20N2O3S. The summed E-state index contributed by atoms with van der Waals surface area (Å²) in [6, 6.07) is 0. The van der Waals surface area contributed by atoms with Gasteiger partial charge in [0.15, 0.2) is 0 Å². The Morgan fingerprint density at radius 3 is 3.00 bits per heavy atom. The third-order valence-corrected chi connectivity index (χ3v) is 4.88. The van der Waals surface area contributed by atoms with Gasteiger partial charge in [0.25, 0.3) is 0 Å². The van der Waals surface area contributed by atoms with Crippen LogP contribution in [0.2, 0.25) is 0 Å². The summed E-state index contributed by atoms with van der Waals surface area (Å²) >= 11 is 1.60. The first kappa shape index (κ1) is 14.0. The highest BCUT2D eigenvalue weighted by Gasteiger charge is 2.23. The predicted molar refractivity (Wildman–Crippen MR) is 74.9 cm³/mol. The lowest BCUT2D eigenvalue weighted by atomic mass is 10.1. The molecule has 1 aromatic rings. The van der Waals surface area contributed by atoms with E-state index >= 15 is 0 Å². The SMILES string of the molecule is O=C(NOCc1csc(C2CCCO2)n1)C1CCCC1. The predicted octanol–water partition coefficient (Wildman–Crippen LogP) is 2.73. The first-order chi connectivity index (χ1) is 9.83. The maximum Gasteiger partial charge on any atom is 0.246 e. The lowest BCUT2D eigenvalue weighted by Gasteiger charge is -2.09. The fourth-order valence-electron chi connectivity index (χ4n) is 2.76. The highest BCUT2D eigenvalue weighted by Crippen LogP contribution is 2.30. The molecule has 1 saturated heterocycles. The standard InChI is InChI=1S/C14H20N2O3S/c17-13(10-4-1-2-5-10)16-19-8-11-9-20-14(15-11)12-6-3-7-18-12/h9-10,12H,1-8H2,(H,16,17). The first-order valence-electron chi connectivity index (χ1n) is 7.30. The van der Waals surface area contributed by atoms with E-state index < -0.39 is 0 Å². The van der Waals surface area contributed by atoms with Crippen molar-refractivity contribution in [3.8, 4) is 0 Å². The lowest BCUT2D eigenvalue weighted by molar-refractivity contribution is -0.138. The Labute approximate surface area is 122 Å². The topological polar surface area (TPSA) is 60.5 Å². The molecule has 1 unspecified atom stereocenters. The molecule has 1 aliphatic heterocycles. The highest BCUT2D eigenvalue weighted by molar-refractivity contribution is 7.09. The second-order valence-corrected chi connectivity index (χ2v) is 6.30. The van der Waals surface area contributed by atoms with Crippen molar-refractivity contribution in [1.29, 1.82) is 0 Å². The van der Waals surface area contributed by atoms with Gasteiger partial charge in [-0.3, -0.25) is 9.63 Å². The number of nitrogens with zero attached hydrogens (tertiary/aromatic N) is 1. The van der Waals surface area contributed by atoms with E-state index in [-0.39, 0.29) is 17.9 Å². The Balaban J connectivity index is 1.43. The maximum absolute atomic E-state index is 11.8. The molecule has 1 atom stereocenters. The van der Waals surface area contributed by atoms with Crippen molar-refractivity contribution in [2.75, 3.05) is 6.61 Å². The summed E-state index contributed by atoms with van der Waals surface area (Å²) < 4.78 is 5.60. The van der Waals surface area contributed by atoms with Gasteiger partial charge in [-0.05, 0) is 25.7 Å². The fourth-order valence-corrected chi connectivity index (χ4v) is 3.65. The number of rotatable bonds is 5. The summed E-state index contributed by atoms with van der Waals surface area (Å²) in [5.74, 6) is 0.143. The number of thiazole rings is 1. The van der Waals surface area contributed by atoms with Crippen molar-refractivity contribution in [2.24, 2.45) is 5.92 Å². The van der Waals surface area contributed by atoms with E-state index in [0.29, 0.717) is 6.61 Å². The second kappa shape index (κ2) is 6.65. The third-order valence-electron chi connectivity index (χ3n) is 3.89. The lowest BCUT2D eigenvalue weighted by Crippen LogP contribution is -2.29. The summed E-state index contributed by atoms with van der Waals surface area (Å²) in [6.45, 7) is 1.15. The number of carbonyl (C=O) groups is 1. The molecule has 1 aromatic heterocycles. The third kappa shape index (κ3) is 3.37. The summed E-state index contributed by atoms with van der Waals surface area (Å²) in [6.07, 6.45) is 6.56. The van der Waals surface area contributed by atoms with Crippen LogP contribution in [-0.4, -0.2) is 17.5 Å². The Morgan fingerprint density at radius 2 is 2.25 bits per heavy atom. The molecule has 1 saturated carbocycles. The van der Waals surface area contributed by atoms with Gasteiger partial charge in [0.2, 0.25) is 5.91 Å². The van der Waals surface area contributed by atoms with Gasteiger partial charge in [0.05, 0.1) is 5.69 Å². The first-order valence-corrected chi connectivity index (χ1v) is 8.18. The van der Waals surface area contributed by atoms with Crippen LogP contribution in [0.5, 0.6) is 0 Å². The molecule has 2 aliphatic rings. The van der Waals surface area contributed by atoms with Gasteiger partial charge in [-0.15, -0.1) is 11.3 Å². The average molecular weight is 296 g/mol. The molecule has 2 heterocycles. The van der Waals surface area contributed by atoms with Gasteiger partial charge in [0.1, 0.15) is 17.7 Å². The Bertz CT molecular complexity index is 451. The van der Waals surface area contributed by atoms with Gasteiger partial charge >= 0.3 is 0 Å². The minimum atomic E-state index is 0.0112. The van der Waals surface area contributed by atoms with E-state index in [2.05, 4.69) is 10.5 Å². The van der Waals surface area contributed by atoms with Crippen molar-refractivity contribution >= 4 is 17.2 Å². The number of hydrogen-bond acceptors (Lipinski definition) is 5. The van der Waals surface area contributed by atoms with E-state index in [1.54, 1.807) is 11.3 Å². The number of nitrogens with one attached hydrogen (secondary N) is 1. The molecule has 5 nitrogen and oxygen atoms in total. The van der Waals surface area contributed by atoms with Crippen molar-refractivity contribution in [2.45, 2.75) is 51.2 Å². The van der Waals surface area contributed by atoms with E-state index in [0.717, 1.165) is 55.8 Å². The summed E-state index contributed by atoms with van der Waals surface area (Å²) in [5.41, 5.74) is 3.40. The second-order valence-electron chi connectivity index (χ2n) is 5.42. The summed E-state index contributed by atoms with van der Waals surface area (Å²) in [5, 5.41) is 2.99. The summed E-state index contributed by atoms with van der Waals surface area (Å²) in [4.78, 5) is 21.6. The van der Waals surface area contributed by atoms with E-state index in [1.807, 2.05) is 5.38 Å². The fraction of sp³-hybridized carbons (Fsp3) is 0.714. The van der Waals surface area contributed by atoms with Crippen molar-refractivity contribution in [1.82, 2.24) is 10.5 Å². The monoisotopic (exact) mass is 296 g/mol. The molecule has 0 spiro atoms. The van der Waals surface area contributed by atoms with Crippen LogP contribution in [-0.2, 0) is 21.0 Å². The molecule has 0 radical (unpaired) electrons. The number of hydrogen-bond donors (Lipinski definition) is 1. The highest BCUT2D eigenvalue weighted by atomic mass is 32.1. The van der Waals surface area contributed by atoms with Crippen molar-refractivity contribution in [3.63, 3.8) is 0 Å². The molecule has 6 heteroatoms. The van der Waals surface area contributed by atoms with Gasteiger partial charge < -0.3 is 4.74 Å². The van der Waals surface area contributed by atoms with Gasteiger partial charge in [0, 0.05) is 17.9 Å². The van der Waals surface area contributed by atoms with E-state index in [1.165, 1.54) is 0 Å². The Kier molecular flexibility index (Phi) is 4.65. The van der Waals surface area contributed by atoms with Crippen LogP contribution in [0.4, 0.5) is 0 Å². The molecule has 3 rings (SSSR count). The van der Waals surface area contributed by atoms with E-state index in [9.17, 15) is 4.79 Å². The summed E-state index contributed by atoms with van der Waals surface area (Å²) in [7, 11) is 0. The van der Waals surface area contributed by atoms with Crippen LogP contribution in [0.1, 0.15) is 55.3 Å². The van der Waals surface area contributed by atoms with Gasteiger partial charge in [-0.1, -0.05) is 12.8 Å². The van der Waals surface area contributed by atoms with Crippen LogP contribution in [0.3, 0.4) is 0 Å². The van der Waals surface area contributed by atoms with Crippen LogP contribution < -0.4 is 5.48 Å². The zero-order valence-corrected chi connectivity index (χ0v) is 12.3. The Morgan fingerprint density at radius 1 is 1.40 bits per heavy atom. The zero-order chi connectivity index (χ0) is 13.8. The molecule has 110 valence electrons. The van der Waals surface area contributed by atoms with E-state index in [4.69, 9.17) is 9.57 Å². The normalized spacial score (nSPS) is 23.3. The number of carbonyl (C=O) groups excluding carboxylic acids is 1. The van der Waals surface area contributed by atoms with Gasteiger partial charge in [-0.2, -0.15) is 0 Å². The number of hydroxylamine groups is 1. The average Bonchev–Trinajstić information content (AvgIpc) is 3.20. The number of aromatic nitrogens is 1. The molecular weight excluding hydrogens is 276 g/mol. The zero-order valence-electron chi connectivity index (χ0n) is 11.5. The maximum atomic E-state index is 11.8. The van der Waals surface area contributed by atoms with Gasteiger partial charge in [-0.25, -0.2) is 10.5 Å². The quantitative estimate of drug-likeness (QED) is 0.849.